The third-order valence-corrected chi connectivity index (χ3v) is 17.2. The van der Waals surface area contributed by atoms with Crippen molar-refractivity contribution >= 4 is 39.5 Å². The monoisotopic (exact) mass is 1510 g/mol. The van der Waals surface area contributed by atoms with Crippen molar-refractivity contribution in [2.24, 2.45) is 0 Å². The molecule has 0 spiro atoms. The van der Waals surface area contributed by atoms with Crippen LogP contribution in [0.3, 0.4) is 0 Å². The molecule has 5 atom stereocenters. The van der Waals surface area contributed by atoms with E-state index in [1.807, 2.05) is 30.4 Å². The molecule has 0 aliphatic carbocycles. The predicted molar refractivity (Wildman–Crippen MR) is 435 cm³/mol. The Morgan fingerprint density at radius 1 is 0.283 bits per heavy atom. The first kappa shape index (κ1) is 99.6. The first-order valence-corrected chi connectivity index (χ1v) is 42.3. The minimum Gasteiger partial charge on any atom is -0.462 e. The number of aliphatic hydroxyl groups is 1. The molecule has 0 aliphatic rings. The second-order valence-corrected chi connectivity index (χ2v) is 28.1. The maximum absolute atomic E-state index is 13.1. The molecule has 17 nitrogen and oxygen atoms in total. The van der Waals surface area contributed by atoms with E-state index in [0.29, 0.717) is 32.1 Å². The zero-order chi connectivity index (χ0) is 77.4. The number of hydrogen-bond donors (Lipinski definition) is 3. The van der Waals surface area contributed by atoms with Gasteiger partial charge < -0.3 is 33.8 Å². The van der Waals surface area contributed by atoms with E-state index in [9.17, 15) is 43.2 Å². The van der Waals surface area contributed by atoms with E-state index in [2.05, 4.69) is 192 Å². The minimum atomic E-state index is -5.02. The lowest BCUT2D eigenvalue weighted by atomic mass is 10.1. The van der Waals surface area contributed by atoms with Gasteiger partial charge in [-0.1, -0.05) is 279 Å². The maximum atomic E-state index is 13.1. The molecule has 596 valence electrons. The predicted octanol–water partition coefficient (Wildman–Crippen LogP) is 23.1. The fourth-order valence-corrected chi connectivity index (χ4v) is 11.0. The lowest BCUT2D eigenvalue weighted by Crippen LogP contribution is -2.30. The number of hydrogen-bond acceptors (Lipinski definition) is 15. The van der Waals surface area contributed by atoms with Crippen molar-refractivity contribution in [2.45, 2.75) is 277 Å². The number of phosphoric acid groups is 2. The van der Waals surface area contributed by atoms with Gasteiger partial charge in [0.05, 0.1) is 32.8 Å². The zero-order valence-corrected chi connectivity index (χ0v) is 66.8. The maximum Gasteiger partial charge on any atom is 0.472 e. The number of phosphoric ester groups is 2. The molecule has 0 aromatic carbocycles. The van der Waals surface area contributed by atoms with Gasteiger partial charge in [-0.3, -0.25) is 37.3 Å². The summed E-state index contributed by atoms with van der Waals surface area (Å²) in [5, 5.41) is 10.6. The summed E-state index contributed by atoms with van der Waals surface area (Å²) in [5.41, 5.74) is 0. The summed E-state index contributed by atoms with van der Waals surface area (Å²) >= 11 is 0. The summed E-state index contributed by atoms with van der Waals surface area (Å²) in [6.45, 7) is 4.22. The van der Waals surface area contributed by atoms with Crippen LogP contribution >= 0.6 is 15.6 Å². The van der Waals surface area contributed by atoms with Gasteiger partial charge in [0.2, 0.25) is 0 Å². The van der Waals surface area contributed by atoms with E-state index in [1.54, 1.807) is 12.2 Å². The van der Waals surface area contributed by atoms with Crippen molar-refractivity contribution in [3.05, 3.63) is 207 Å². The van der Waals surface area contributed by atoms with Crippen molar-refractivity contribution in [3.63, 3.8) is 0 Å². The van der Waals surface area contributed by atoms with Crippen molar-refractivity contribution in [3.8, 4) is 0 Å². The molecule has 0 amide bonds. The average Bonchev–Trinajstić information content (AvgIpc) is 0.909. The van der Waals surface area contributed by atoms with E-state index in [-0.39, 0.29) is 25.7 Å². The molecule has 19 heteroatoms. The molecule has 0 saturated carbocycles. The van der Waals surface area contributed by atoms with Gasteiger partial charge in [-0.05, 0) is 161 Å². The second kappa shape index (κ2) is 76.8. The van der Waals surface area contributed by atoms with Crippen molar-refractivity contribution in [1.29, 1.82) is 0 Å². The highest BCUT2D eigenvalue weighted by Gasteiger charge is 2.30. The molecule has 5 unspecified atom stereocenters. The Morgan fingerprint density at radius 3 is 0.896 bits per heavy atom. The molecule has 0 heterocycles. The number of carbonyl (C=O) groups excluding carboxylic acids is 4. The smallest absolute Gasteiger partial charge is 0.462 e. The van der Waals surface area contributed by atoms with Crippen LogP contribution in [0.2, 0.25) is 0 Å². The summed E-state index contributed by atoms with van der Waals surface area (Å²) in [6.07, 6.45) is 95.7. The Hall–Kier alpha value is -6.36. The number of aliphatic hydroxyl groups excluding tert-OH is 1. The van der Waals surface area contributed by atoms with Crippen LogP contribution < -0.4 is 0 Å². The normalized spacial score (nSPS) is 15.0. The number of unbranched alkanes of at least 4 members (excludes halogenated alkanes) is 12. The Morgan fingerprint density at radius 2 is 0.547 bits per heavy atom. The van der Waals surface area contributed by atoms with Gasteiger partial charge in [-0.25, -0.2) is 9.13 Å². The number of allylic oxidation sites excluding steroid dienone is 33. The third kappa shape index (κ3) is 75.9. The molecule has 0 aromatic rings. The molecule has 0 radical (unpaired) electrons. The fourth-order valence-electron chi connectivity index (χ4n) is 9.40. The van der Waals surface area contributed by atoms with Gasteiger partial charge in [0, 0.05) is 19.3 Å². The molecular formula is C87H136O17P2. The summed E-state index contributed by atoms with van der Waals surface area (Å²) in [4.78, 5) is 72.9. The Labute approximate surface area is 639 Å². The van der Waals surface area contributed by atoms with Gasteiger partial charge in [0.15, 0.2) is 12.2 Å². The average molecular weight is 1520 g/mol. The van der Waals surface area contributed by atoms with Crippen molar-refractivity contribution in [2.75, 3.05) is 39.6 Å². The van der Waals surface area contributed by atoms with Crippen molar-refractivity contribution < 1.29 is 80.2 Å². The van der Waals surface area contributed by atoms with Crippen LogP contribution in [0.25, 0.3) is 0 Å². The standard InChI is InChI=1S/C87H136O17P2/c1-5-9-13-17-21-25-29-33-37-39-40-42-46-48-52-56-60-64-68-72-85(90)98-78-83(104-87(92)74-70-66-62-58-54-50-44-36-32-28-24-20-16-12-8-4)80-102-106(95,96)100-76-81(88)75-99-105(93,94)101-79-82(103-86(91)73-69-65-61-57-53-49-43-35-31-27-23-19-15-11-7-3)77-97-84(89)71-67-63-59-55-51-47-45-41-38-34-30-26-22-18-14-10-6-2/h9-11,13-15,21-28,33-38,40,42-45,47-48,52-53,57,60,64-65,69,81-83,88H,5-8,12,16-20,29-32,39,41,46,49-51,54-56,58-59,61-63,66-68,70-80H2,1-4H3,(H,93,94)(H,95,96)/b13-9-,14-10-,15-11-,25-21-,26-22-,27-23-,28-24-,37-33-,38-34-,42-40-,43-35-,44-36-,47-45-,52-48-,57-53-,64-60-,69-65-. The first-order valence-electron chi connectivity index (χ1n) is 39.3. The molecule has 3 N–H and O–H groups in total. The molecule has 0 rings (SSSR count). The first-order chi connectivity index (χ1) is 51.7. The van der Waals surface area contributed by atoms with Crippen LogP contribution in [0.15, 0.2) is 207 Å². The number of rotatable bonds is 71. The van der Waals surface area contributed by atoms with Crippen LogP contribution in [0.4, 0.5) is 0 Å². The van der Waals surface area contributed by atoms with Crippen LogP contribution in [0, 0.1) is 0 Å². The van der Waals surface area contributed by atoms with Crippen LogP contribution in [0.5, 0.6) is 0 Å². The van der Waals surface area contributed by atoms with E-state index in [1.165, 1.54) is 19.3 Å². The number of ether oxygens (including phenoxy) is 4. The second-order valence-electron chi connectivity index (χ2n) is 25.2. The topological polar surface area (TPSA) is 237 Å². The van der Waals surface area contributed by atoms with E-state index in [4.69, 9.17) is 37.0 Å². The highest BCUT2D eigenvalue weighted by Crippen LogP contribution is 2.45. The number of esters is 4. The highest BCUT2D eigenvalue weighted by atomic mass is 31.2. The Kier molecular flexibility index (Phi) is 72.2. The summed E-state index contributed by atoms with van der Waals surface area (Å²) in [6, 6.07) is 0. The van der Waals surface area contributed by atoms with E-state index < -0.39 is 97.5 Å². The van der Waals surface area contributed by atoms with Crippen LogP contribution in [-0.4, -0.2) is 96.7 Å². The lowest BCUT2D eigenvalue weighted by Gasteiger charge is -2.21. The van der Waals surface area contributed by atoms with E-state index >= 15 is 0 Å². The summed E-state index contributed by atoms with van der Waals surface area (Å²) in [7, 11) is -10.0. The highest BCUT2D eigenvalue weighted by molar-refractivity contribution is 7.47. The SMILES string of the molecule is CC/C=C\C/C=C\C/C=C\C/C=C\C/C=C\C/C=C\CCC(=O)OCC(COP(=O)(O)OCC(O)COP(=O)(O)OCC(COC(=O)CCCCCC/C=C\C/C=C\C/C=C\C/C=C\CC)OC(=O)C/C=C\C/C=C\C/C=C\C/C=C\C/C=C\CC)OC(=O)CCCCCCC/C=C\C/C=C\CCCCC. The van der Waals surface area contributed by atoms with Crippen LogP contribution in [-0.2, 0) is 65.4 Å². The van der Waals surface area contributed by atoms with Gasteiger partial charge in [-0.15, -0.1) is 0 Å². The fraction of sp³-hybridized carbons (Fsp3) is 0.563. The Bertz CT molecular complexity index is 2830. The van der Waals surface area contributed by atoms with Gasteiger partial charge in [0.1, 0.15) is 19.3 Å². The molecule has 0 aromatic heterocycles. The zero-order valence-electron chi connectivity index (χ0n) is 65.0. The van der Waals surface area contributed by atoms with Gasteiger partial charge in [0.25, 0.3) is 0 Å². The van der Waals surface area contributed by atoms with Gasteiger partial charge >= 0.3 is 39.5 Å². The van der Waals surface area contributed by atoms with Gasteiger partial charge in [-0.2, -0.15) is 0 Å². The molecule has 0 bridgehead atoms. The van der Waals surface area contributed by atoms with Crippen LogP contribution in [0.1, 0.15) is 259 Å². The van der Waals surface area contributed by atoms with E-state index in [0.717, 1.165) is 154 Å². The third-order valence-electron chi connectivity index (χ3n) is 15.3. The largest absolute Gasteiger partial charge is 0.472 e. The molecular weight excluding hydrogens is 1380 g/mol. The molecule has 0 fully saturated rings. The summed E-state index contributed by atoms with van der Waals surface area (Å²) in [5.74, 6) is -2.49. The molecule has 0 aliphatic heterocycles. The lowest BCUT2D eigenvalue weighted by molar-refractivity contribution is -0.161. The summed E-state index contributed by atoms with van der Waals surface area (Å²) < 4.78 is 68.3. The number of carbonyl (C=O) groups is 4. The minimum absolute atomic E-state index is 0.0223. The Balaban J connectivity index is 5.55. The van der Waals surface area contributed by atoms with Crippen molar-refractivity contribution in [1.82, 2.24) is 0 Å². The molecule has 0 saturated heterocycles. The molecule has 106 heavy (non-hydrogen) atoms. The quantitative estimate of drug-likeness (QED) is 0.0169.